The summed E-state index contributed by atoms with van der Waals surface area (Å²) in [5.74, 6) is 0.273. The molecule has 1 saturated carbocycles. The average Bonchev–Trinajstić information content (AvgIpc) is 3.37. The highest BCUT2D eigenvalue weighted by Crippen LogP contribution is 2.51. The largest absolute Gasteiger partial charge is 0.322 e. The molecule has 1 aromatic rings. The summed E-state index contributed by atoms with van der Waals surface area (Å²) in [6.07, 6.45) is 8.59. The van der Waals surface area contributed by atoms with E-state index in [0.29, 0.717) is 11.6 Å². The van der Waals surface area contributed by atoms with Crippen LogP contribution in [0.2, 0.25) is 0 Å². The minimum Gasteiger partial charge on any atom is -0.322 e. The molecule has 2 heterocycles. The molecule has 2 fully saturated rings. The quantitative estimate of drug-likeness (QED) is 0.922. The van der Waals surface area contributed by atoms with Crippen molar-refractivity contribution in [1.29, 1.82) is 0 Å². The molecular formula is C20H23N3O2. The molecule has 1 aromatic heterocycles. The maximum Gasteiger partial charge on any atom is 0.255 e. The Labute approximate surface area is 147 Å². The summed E-state index contributed by atoms with van der Waals surface area (Å²) in [6.45, 7) is 5.93. The standard InChI is InChI=1S/C20H23N3O2/c1-12-10-13(8-9-21-12)18(24)22-14-4-7-16-17(11-14)23(15-5-6-15)19(25)20(16,2)3/h4,8-11,15-16H,5-7H2,1-3H3,(H,22,24). The third-order valence-corrected chi connectivity index (χ3v) is 5.48. The summed E-state index contributed by atoms with van der Waals surface area (Å²) < 4.78 is 0. The zero-order chi connectivity index (χ0) is 17.8. The summed E-state index contributed by atoms with van der Waals surface area (Å²) in [4.78, 5) is 31.4. The van der Waals surface area contributed by atoms with E-state index >= 15 is 0 Å². The second-order valence-corrected chi connectivity index (χ2v) is 7.78. The highest BCUT2D eigenvalue weighted by atomic mass is 16.2. The fourth-order valence-corrected chi connectivity index (χ4v) is 3.85. The number of rotatable bonds is 3. The lowest BCUT2D eigenvalue weighted by Gasteiger charge is -2.26. The number of nitrogens with one attached hydrogen (secondary N) is 1. The SMILES string of the molecule is Cc1cc(C(=O)NC2=CCC3C(=C2)N(C2CC2)C(=O)C3(C)C)ccn1. The number of aryl methyl sites for hydroxylation is 1. The molecule has 2 amide bonds. The van der Waals surface area contributed by atoms with Gasteiger partial charge in [0.1, 0.15) is 0 Å². The van der Waals surface area contributed by atoms with Gasteiger partial charge in [0.25, 0.3) is 5.91 Å². The van der Waals surface area contributed by atoms with Crippen LogP contribution in [0.25, 0.3) is 0 Å². The van der Waals surface area contributed by atoms with E-state index in [9.17, 15) is 9.59 Å². The van der Waals surface area contributed by atoms with Crippen LogP contribution in [0.15, 0.2) is 41.9 Å². The lowest BCUT2D eigenvalue weighted by Crippen LogP contribution is -2.32. The topological polar surface area (TPSA) is 62.3 Å². The molecule has 0 aromatic carbocycles. The lowest BCUT2D eigenvalue weighted by atomic mass is 9.76. The maximum absolute atomic E-state index is 12.8. The number of nitrogens with zero attached hydrogens (tertiary/aromatic N) is 2. The Morgan fingerprint density at radius 1 is 1.36 bits per heavy atom. The zero-order valence-electron chi connectivity index (χ0n) is 14.9. The van der Waals surface area contributed by atoms with Crippen molar-refractivity contribution in [2.24, 2.45) is 11.3 Å². The van der Waals surface area contributed by atoms with E-state index < -0.39 is 0 Å². The molecule has 130 valence electrons. The Morgan fingerprint density at radius 3 is 2.80 bits per heavy atom. The number of fused-ring (bicyclic) bond motifs is 1. The second-order valence-electron chi connectivity index (χ2n) is 7.78. The Kier molecular flexibility index (Phi) is 3.56. The maximum atomic E-state index is 12.8. The first-order valence-electron chi connectivity index (χ1n) is 8.87. The monoisotopic (exact) mass is 337 g/mol. The summed E-state index contributed by atoms with van der Waals surface area (Å²) in [6, 6.07) is 3.83. The molecule has 1 unspecified atom stereocenters. The van der Waals surface area contributed by atoms with E-state index in [2.05, 4.69) is 10.3 Å². The first-order chi connectivity index (χ1) is 11.9. The third-order valence-electron chi connectivity index (χ3n) is 5.48. The van der Waals surface area contributed by atoms with Crippen molar-refractivity contribution in [2.45, 2.75) is 46.1 Å². The molecule has 4 rings (SSSR count). The number of pyridine rings is 1. The van der Waals surface area contributed by atoms with Crippen molar-refractivity contribution in [3.05, 3.63) is 53.1 Å². The summed E-state index contributed by atoms with van der Waals surface area (Å²) in [7, 11) is 0. The molecule has 2 aliphatic carbocycles. The van der Waals surface area contributed by atoms with Crippen LogP contribution in [0, 0.1) is 18.3 Å². The number of carbonyl (C=O) groups is 2. The first-order valence-corrected chi connectivity index (χ1v) is 8.87. The van der Waals surface area contributed by atoms with E-state index in [1.54, 1.807) is 18.3 Å². The third kappa shape index (κ3) is 2.68. The van der Waals surface area contributed by atoms with Crippen LogP contribution in [-0.2, 0) is 4.79 Å². The van der Waals surface area contributed by atoms with Gasteiger partial charge in [-0.2, -0.15) is 0 Å². The van der Waals surface area contributed by atoms with Crippen LogP contribution >= 0.6 is 0 Å². The van der Waals surface area contributed by atoms with Gasteiger partial charge in [-0.3, -0.25) is 14.6 Å². The molecular weight excluding hydrogens is 314 g/mol. The van der Waals surface area contributed by atoms with Gasteiger partial charge in [-0.25, -0.2) is 0 Å². The number of amides is 2. The fourth-order valence-electron chi connectivity index (χ4n) is 3.85. The number of hydrogen-bond donors (Lipinski definition) is 1. The van der Waals surface area contributed by atoms with Gasteiger partial charge in [-0.1, -0.05) is 19.9 Å². The average molecular weight is 337 g/mol. The van der Waals surface area contributed by atoms with Crippen LogP contribution < -0.4 is 5.32 Å². The van der Waals surface area contributed by atoms with Gasteiger partial charge in [0.15, 0.2) is 0 Å². The molecule has 25 heavy (non-hydrogen) atoms. The number of likely N-dealkylation sites (tertiary alicyclic amines) is 1. The van der Waals surface area contributed by atoms with Gasteiger partial charge in [0.05, 0.1) is 5.41 Å². The van der Waals surface area contributed by atoms with Crippen molar-refractivity contribution in [1.82, 2.24) is 15.2 Å². The van der Waals surface area contributed by atoms with E-state index in [1.807, 2.05) is 37.8 Å². The minimum absolute atomic E-state index is 0.145. The smallest absolute Gasteiger partial charge is 0.255 e. The fraction of sp³-hybridized carbons (Fsp3) is 0.450. The molecule has 1 N–H and O–H groups in total. The van der Waals surface area contributed by atoms with E-state index in [-0.39, 0.29) is 23.1 Å². The van der Waals surface area contributed by atoms with Gasteiger partial charge < -0.3 is 10.2 Å². The van der Waals surface area contributed by atoms with Gasteiger partial charge >= 0.3 is 0 Å². The van der Waals surface area contributed by atoms with E-state index in [4.69, 9.17) is 0 Å². The number of aromatic nitrogens is 1. The van der Waals surface area contributed by atoms with Crippen molar-refractivity contribution in [3.63, 3.8) is 0 Å². The molecule has 1 aliphatic heterocycles. The molecule has 0 bridgehead atoms. The highest BCUT2D eigenvalue weighted by Gasteiger charge is 2.54. The summed E-state index contributed by atoms with van der Waals surface area (Å²) in [5.41, 5.74) is 2.88. The molecule has 1 atom stereocenters. The normalized spacial score (nSPS) is 24.5. The molecule has 1 saturated heterocycles. The number of allylic oxidation sites excluding steroid dienone is 3. The van der Waals surface area contributed by atoms with Crippen molar-refractivity contribution >= 4 is 11.8 Å². The van der Waals surface area contributed by atoms with Crippen molar-refractivity contribution in [2.75, 3.05) is 0 Å². The Bertz CT molecular complexity index is 818. The Morgan fingerprint density at radius 2 is 2.12 bits per heavy atom. The van der Waals surface area contributed by atoms with Crippen molar-refractivity contribution < 1.29 is 9.59 Å². The summed E-state index contributed by atoms with van der Waals surface area (Å²) >= 11 is 0. The number of carbonyl (C=O) groups excluding carboxylic acids is 2. The van der Waals surface area contributed by atoms with Gasteiger partial charge in [0.2, 0.25) is 5.91 Å². The lowest BCUT2D eigenvalue weighted by molar-refractivity contribution is -0.135. The van der Waals surface area contributed by atoms with Crippen LogP contribution in [-0.4, -0.2) is 27.7 Å². The first kappa shape index (κ1) is 16.1. The molecule has 5 heteroatoms. The predicted molar refractivity (Wildman–Crippen MR) is 94.4 cm³/mol. The highest BCUT2D eigenvalue weighted by molar-refractivity contribution is 5.96. The van der Waals surface area contributed by atoms with Gasteiger partial charge in [0, 0.05) is 40.8 Å². The molecule has 3 aliphatic rings. The molecule has 5 nitrogen and oxygen atoms in total. The van der Waals surface area contributed by atoms with Gasteiger partial charge in [-0.15, -0.1) is 0 Å². The van der Waals surface area contributed by atoms with Crippen LogP contribution in [0.4, 0.5) is 0 Å². The summed E-state index contributed by atoms with van der Waals surface area (Å²) in [5, 5.41) is 2.98. The second kappa shape index (κ2) is 5.55. The van der Waals surface area contributed by atoms with E-state index in [0.717, 1.165) is 36.4 Å². The van der Waals surface area contributed by atoms with Gasteiger partial charge in [-0.05, 0) is 44.4 Å². The minimum atomic E-state index is -0.372. The van der Waals surface area contributed by atoms with Crippen molar-refractivity contribution in [3.8, 4) is 0 Å². The van der Waals surface area contributed by atoms with Crippen LogP contribution in [0.5, 0.6) is 0 Å². The Hall–Kier alpha value is -2.43. The van der Waals surface area contributed by atoms with Crippen LogP contribution in [0.1, 0.15) is 49.2 Å². The molecule has 0 radical (unpaired) electrons. The predicted octanol–water partition coefficient (Wildman–Crippen LogP) is 2.94. The Balaban J connectivity index is 1.58. The number of hydrogen-bond acceptors (Lipinski definition) is 3. The van der Waals surface area contributed by atoms with Crippen LogP contribution in [0.3, 0.4) is 0 Å². The zero-order valence-corrected chi connectivity index (χ0v) is 14.9. The molecule has 0 spiro atoms. The van der Waals surface area contributed by atoms with E-state index in [1.165, 1.54) is 0 Å².